The van der Waals surface area contributed by atoms with Crippen molar-refractivity contribution in [1.82, 2.24) is 0 Å². The number of ketones is 2. The summed E-state index contributed by atoms with van der Waals surface area (Å²) in [6.45, 7) is 7.78. The van der Waals surface area contributed by atoms with E-state index in [-0.39, 0.29) is 11.6 Å². The van der Waals surface area contributed by atoms with Crippen LogP contribution >= 0.6 is 11.8 Å². The van der Waals surface area contributed by atoms with Crippen molar-refractivity contribution in [3.63, 3.8) is 0 Å². The molecule has 6 heteroatoms. The summed E-state index contributed by atoms with van der Waals surface area (Å²) >= 11 is 1.47. The van der Waals surface area contributed by atoms with Gasteiger partial charge in [-0.3, -0.25) is 9.59 Å². The van der Waals surface area contributed by atoms with Crippen molar-refractivity contribution in [3.05, 3.63) is 143 Å². The van der Waals surface area contributed by atoms with Gasteiger partial charge in [0, 0.05) is 32.2 Å². The van der Waals surface area contributed by atoms with Crippen LogP contribution in [0.3, 0.4) is 0 Å². The lowest BCUT2D eigenvalue weighted by atomic mass is 9.83. The average molecular weight is 670 g/mol. The first-order valence-corrected chi connectivity index (χ1v) is 18.1. The molecule has 5 aromatic rings. The lowest BCUT2D eigenvalue weighted by Gasteiger charge is -2.22. The van der Waals surface area contributed by atoms with Crippen LogP contribution in [0.1, 0.15) is 102 Å². The van der Waals surface area contributed by atoms with Gasteiger partial charge in [-0.15, -0.1) is 0 Å². The van der Waals surface area contributed by atoms with Crippen LogP contribution in [-0.4, -0.2) is 18.2 Å². The molecule has 0 heterocycles. The molecule has 0 saturated heterocycles. The molecule has 0 fully saturated rings. The van der Waals surface area contributed by atoms with Gasteiger partial charge in [0.2, 0.25) is 0 Å². The summed E-state index contributed by atoms with van der Waals surface area (Å²) in [5.74, 6) is 1.77. The molecular formula is C43H43NO4S. The molecule has 0 bridgehead atoms. The van der Waals surface area contributed by atoms with Gasteiger partial charge in [0.25, 0.3) is 0 Å². The molecule has 5 nitrogen and oxygen atoms in total. The molecule has 6 rings (SSSR count). The van der Waals surface area contributed by atoms with E-state index in [1.165, 1.54) is 43.0 Å². The van der Waals surface area contributed by atoms with Crippen molar-refractivity contribution in [3.8, 4) is 11.5 Å². The van der Waals surface area contributed by atoms with E-state index in [0.717, 1.165) is 39.0 Å². The summed E-state index contributed by atoms with van der Waals surface area (Å²) in [5, 5.41) is 3.37. The third-order valence-electron chi connectivity index (χ3n) is 8.79. The first kappa shape index (κ1) is 34.1. The maximum absolute atomic E-state index is 14.0. The van der Waals surface area contributed by atoms with E-state index in [0.29, 0.717) is 47.1 Å². The SMILES string of the molecule is CCCCCCCOc1ccc(Nc2cccc3c2C(=O)c2cccc(Sc4ccc(OCc5ccc(C(C)C)cc5)cc4)c2C3=O)cc1. The largest absolute Gasteiger partial charge is 0.494 e. The number of hydrogen-bond acceptors (Lipinski definition) is 6. The highest BCUT2D eigenvalue weighted by atomic mass is 32.2. The van der Waals surface area contributed by atoms with E-state index in [4.69, 9.17) is 9.47 Å². The molecule has 250 valence electrons. The topological polar surface area (TPSA) is 64.6 Å². The molecule has 0 radical (unpaired) electrons. The molecule has 0 atom stereocenters. The minimum atomic E-state index is -0.164. The number of hydrogen-bond donors (Lipinski definition) is 1. The zero-order valence-corrected chi connectivity index (χ0v) is 29.3. The van der Waals surface area contributed by atoms with E-state index in [2.05, 4.69) is 50.4 Å². The van der Waals surface area contributed by atoms with Gasteiger partial charge < -0.3 is 14.8 Å². The van der Waals surface area contributed by atoms with Crippen LogP contribution < -0.4 is 14.8 Å². The first-order chi connectivity index (χ1) is 23.9. The molecule has 0 amide bonds. The number of rotatable bonds is 15. The summed E-state index contributed by atoms with van der Waals surface area (Å²) in [5.41, 5.74) is 5.52. The summed E-state index contributed by atoms with van der Waals surface area (Å²) < 4.78 is 11.9. The van der Waals surface area contributed by atoms with Crippen molar-refractivity contribution in [2.75, 3.05) is 11.9 Å². The van der Waals surface area contributed by atoms with Gasteiger partial charge in [-0.2, -0.15) is 0 Å². The number of unbranched alkanes of at least 4 members (excludes halogenated alkanes) is 4. The average Bonchev–Trinajstić information content (AvgIpc) is 3.12. The Morgan fingerprint density at radius 3 is 2.00 bits per heavy atom. The Morgan fingerprint density at radius 1 is 0.653 bits per heavy atom. The van der Waals surface area contributed by atoms with Gasteiger partial charge >= 0.3 is 0 Å². The van der Waals surface area contributed by atoms with E-state index in [1.54, 1.807) is 12.1 Å². The molecule has 0 aliphatic heterocycles. The van der Waals surface area contributed by atoms with E-state index in [1.807, 2.05) is 72.8 Å². The predicted molar refractivity (Wildman–Crippen MR) is 199 cm³/mol. The molecule has 0 spiro atoms. The van der Waals surface area contributed by atoms with E-state index < -0.39 is 0 Å². The Balaban J connectivity index is 1.12. The van der Waals surface area contributed by atoms with Crippen molar-refractivity contribution in [2.24, 2.45) is 0 Å². The molecule has 1 aliphatic rings. The van der Waals surface area contributed by atoms with Gasteiger partial charge in [-0.25, -0.2) is 0 Å². The van der Waals surface area contributed by atoms with Crippen LogP contribution in [0.4, 0.5) is 11.4 Å². The van der Waals surface area contributed by atoms with Crippen molar-refractivity contribution in [2.45, 2.75) is 75.2 Å². The third-order valence-corrected chi connectivity index (χ3v) is 9.86. The molecule has 49 heavy (non-hydrogen) atoms. The lowest BCUT2D eigenvalue weighted by molar-refractivity contribution is 0.0977. The van der Waals surface area contributed by atoms with Crippen LogP contribution in [0.5, 0.6) is 11.5 Å². The Labute approximate surface area is 294 Å². The normalized spacial score (nSPS) is 12.1. The number of carbonyl (C=O) groups excluding carboxylic acids is 2. The fraction of sp³-hybridized carbons (Fsp3) is 0.256. The molecule has 5 aromatic carbocycles. The molecule has 0 aromatic heterocycles. The molecular weight excluding hydrogens is 627 g/mol. The number of carbonyl (C=O) groups is 2. The Kier molecular flexibility index (Phi) is 11.2. The number of anilines is 2. The minimum Gasteiger partial charge on any atom is -0.494 e. The predicted octanol–water partition coefficient (Wildman–Crippen LogP) is 11.4. The fourth-order valence-electron chi connectivity index (χ4n) is 5.98. The first-order valence-electron chi connectivity index (χ1n) is 17.3. The number of fused-ring (bicyclic) bond motifs is 2. The van der Waals surface area contributed by atoms with Crippen molar-refractivity contribution >= 4 is 34.7 Å². The van der Waals surface area contributed by atoms with Crippen molar-refractivity contribution in [1.29, 1.82) is 0 Å². The van der Waals surface area contributed by atoms with Crippen LogP contribution in [-0.2, 0) is 6.61 Å². The second kappa shape index (κ2) is 16.1. The number of benzene rings is 5. The van der Waals surface area contributed by atoms with E-state index >= 15 is 0 Å². The highest BCUT2D eigenvalue weighted by molar-refractivity contribution is 7.99. The van der Waals surface area contributed by atoms with Crippen LogP contribution in [0, 0.1) is 0 Å². The van der Waals surface area contributed by atoms with Gasteiger partial charge in [-0.1, -0.05) is 107 Å². The number of ether oxygens (including phenoxy) is 2. The summed E-state index contributed by atoms with van der Waals surface area (Å²) in [6.07, 6.45) is 5.97. The third kappa shape index (κ3) is 8.26. The number of nitrogens with one attached hydrogen (secondary N) is 1. The highest BCUT2D eigenvalue weighted by Crippen LogP contribution is 2.40. The Hall–Kier alpha value is -4.81. The van der Waals surface area contributed by atoms with Crippen LogP contribution in [0.25, 0.3) is 0 Å². The zero-order chi connectivity index (χ0) is 34.2. The van der Waals surface area contributed by atoms with Crippen LogP contribution in [0.2, 0.25) is 0 Å². The van der Waals surface area contributed by atoms with E-state index in [9.17, 15) is 9.59 Å². The summed E-state index contributed by atoms with van der Waals surface area (Å²) in [7, 11) is 0. The maximum Gasteiger partial charge on any atom is 0.196 e. The minimum absolute atomic E-state index is 0.150. The quantitative estimate of drug-likeness (QED) is 0.110. The lowest BCUT2D eigenvalue weighted by Crippen LogP contribution is -2.23. The van der Waals surface area contributed by atoms with Gasteiger partial charge in [0.05, 0.1) is 17.9 Å². The Morgan fingerprint density at radius 2 is 1.29 bits per heavy atom. The summed E-state index contributed by atoms with van der Waals surface area (Å²) in [4.78, 5) is 29.7. The van der Waals surface area contributed by atoms with Crippen LogP contribution in [0.15, 0.2) is 119 Å². The standard InChI is InChI=1S/C43H43NO4S/c1-4-5-6-7-8-27-47-33-21-19-32(20-22-33)44-38-13-9-11-36-40(38)42(45)37-12-10-14-39(41(37)43(36)46)49-35-25-23-34(24-26-35)48-28-30-15-17-31(18-16-30)29(2)3/h9-26,29,44H,4-8,27-28H2,1-3H3. The summed E-state index contributed by atoms with van der Waals surface area (Å²) in [6, 6.07) is 35.0. The monoisotopic (exact) mass is 669 g/mol. The maximum atomic E-state index is 14.0. The van der Waals surface area contributed by atoms with Gasteiger partial charge in [0.1, 0.15) is 18.1 Å². The van der Waals surface area contributed by atoms with Gasteiger partial charge in [0.15, 0.2) is 11.6 Å². The smallest absolute Gasteiger partial charge is 0.196 e. The molecule has 1 N–H and O–H groups in total. The highest BCUT2D eigenvalue weighted by Gasteiger charge is 2.33. The fourth-order valence-corrected chi connectivity index (χ4v) is 6.96. The van der Waals surface area contributed by atoms with Crippen molar-refractivity contribution < 1.29 is 19.1 Å². The van der Waals surface area contributed by atoms with Gasteiger partial charge in [-0.05, 0) is 84.1 Å². The second-order valence-electron chi connectivity index (χ2n) is 12.7. The zero-order valence-electron chi connectivity index (χ0n) is 28.5. The molecule has 0 saturated carbocycles. The Bertz CT molecular complexity index is 1900. The molecule has 0 unspecified atom stereocenters. The molecule has 1 aliphatic carbocycles. The second-order valence-corrected chi connectivity index (χ2v) is 13.9.